The van der Waals surface area contributed by atoms with Crippen molar-refractivity contribution in [3.8, 4) is 0 Å². The molecule has 0 aliphatic heterocycles. The number of aryl methyl sites for hydroxylation is 2. The normalized spacial score (nSPS) is 18.7. The van der Waals surface area contributed by atoms with Gasteiger partial charge in [0.05, 0.1) is 5.71 Å². The molecule has 0 bridgehead atoms. The van der Waals surface area contributed by atoms with Crippen LogP contribution in [0.25, 0.3) is 0 Å². The first-order chi connectivity index (χ1) is 6.29. The third kappa shape index (κ3) is 1.52. The highest BCUT2D eigenvalue weighted by Gasteiger charge is 2.15. The van der Waals surface area contributed by atoms with Crippen molar-refractivity contribution in [1.29, 1.82) is 0 Å². The van der Waals surface area contributed by atoms with Gasteiger partial charge in [0.25, 0.3) is 0 Å². The fraction of sp³-hybridized carbons (Fsp3) is 0.444. The molecule has 1 aliphatic rings. The average molecular weight is 177 g/mol. The fourth-order valence-corrected chi connectivity index (χ4v) is 1.56. The van der Waals surface area contributed by atoms with Crippen LogP contribution in [0.4, 0.5) is 0 Å². The topological polar surface area (TPSA) is 58.4 Å². The van der Waals surface area contributed by atoms with Crippen LogP contribution >= 0.6 is 0 Å². The lowest BCUT2D eigenvalue weighted by molar-refractivity contribution is 0.316. The van der Waals surface area contributed by atoms with E-state index in [1.165, 1.54) is 0 Å². The summed E-state index contributed by atoms with van der Waals surface area (Å²) < 4.78 is 0. The number of nitrogens with zero attached hydrogens (tertiary/aromatic N) is 3. The zero-order valence-electron chi connectivity index (χ0n) is 7.49. The van der Waals surface area contributed by atoms with Crippen molar-refractivity contribution in [3.05, 3.63) is 23.3 Å². The third-order valence-electron chi connectivity index (χ3n) is 2.26. The maximum Gasteiger partial charge on any atom is 0.125 e. The van der Waals surface area contributed by atoms with E-state index in [1.54, 1.807) is 0 Å². The van der Waals surface area contributed by atoms with Crippen LogP contribution < -0.4 is 0 Å². The molecular weight excluding hydrogens is 166 g/mol. The first kappa shape index (κ1) is 8.16. The van der Waals surface area contributed by atoms with Crippen molar-refractivity contribution >= 4 is 5.71 Å². The summed E-state index contributed by atoms with van der Waals surface area (Å²) >= 11 is 0. The number of rotatable bonds is 0. The van der Waals surface area contributed by atoms with Crippen molar-refractivity contribution in [3.63, 3.8) is 0 Å². The van der Waals surface area contributed by atoms with Gasteiger partial charge in [0.2, 0.25) is 0 Å². The average Bonchev–Trinajstić information content (AvgIpc) is 2.17. The molecule has 1 aromatic rings. The Labute approximate surface area is 76.3 Å². The molecule has 0 spiro atoms. The maximum atomic E-state index is 8.62. The fourth-order valence-electron chi connectivity index (χ4n) is 1.56. The lowest BCUT2D eigenvalue weighted by Gasteiger charge is -2.14. The molecule has 1 aromatic heterocycles. The molecule has 0 aromatic carbocycles. The predicted octanol–water partition coefficient (Wildman–Crippen LogP) is 1.10. The number of fused-ring (bicyclic) bond motifs is 1. The van der Waals surface area contributed by atoms with Gasteiger partial charge in [-0.05, 0) is 25.3 Å². The molecule has 0 atom stereocenters. The van der Waals surface area contributed by atoms with E-state index in [1.807, 2.05) is 13.1 Å². The minimum atomic E-state index is 0.687. The summed E-state index contributed by atoms with van der Waals surface area (Å²) in [5.41, 5.74) is 3.00. The molecule has 0 fully saturated rings. The van der Waals surface area contributed by atoms with Gasteiger partial charge >= 0.3 is 0 Å². The van der Waals surface area contributed by atoms with Crippen molar-refractivity contribution < 1.29 is 5.21 Å². The van der Waals surface area contributed by atoms with Gasteiger partial charge in [-0.3, -0.25) is 0 Å². The molecule has 1 heterocycles. The lowest BCUT2D eigenvalue weighted by atomic mass is 9.96. The molecule has 4 nitrogen and oxygen atoms in total. The highest BCUT2D eigenvalue weighted by Crippen LogP contribution is 2.16. The van der Waals surface area contributed by atoms with Gasteiger partial charge < -0.3 is 5.21 Å². The second kappa shape index (κ2) is 3.12. The van der Waals surface area contributed by atoms with Crippen LogP contribution in [-0.4, -0.2) is 20.9 Å². The largest absolute Gasteiger partial charge is 0.411 e. The second-order valence-electron chi connectivity index (χ2n) is 3.23. The Bertz CT molecular complexity index is 360. The van der Waals surface area contributed by atoms with Gasteiger partial charge in [-0.25, -0.2) is 9.97 Å². The smallest absolute Gasteiger partial charge is 0.125 e. The first-order valence-electron chi connectivity index (χ1n) is 4.31. The summed E-state index contributed by atoms with van der Waals surface area (Å²) in [7, 11) is 0. The zero-order valence-corrected chi connectivity index (χ0v) is 7.49. The van der Waals surface area contributed by atoms with Gasteiger partial charge in [-0.15, -0.1) is 0 Å². The molecule has 0 amide bonds. The van der Waals surface area contributed by atoms with E-state index in [-0.39, 0.29) is 0 Å². The molecule has 4 heteroatoms. The van der Waals surface area contributed by atoms with Crippen LogP contribution in [0, 0.1) is 6.92 Å². The Kier molecular flexibility index (Phi) is 1.96. The molecular formula is C9H11N3O. The minimum Gasteiger partial charge on any atom is -0.411 e. The zero-order chi connectivity index (χ0) is 9.26. The van der Waals surface area contributed by atoms with Crippen molar-refractivity contribution in [2.75, 3.05) is 0 Å². The van der Waals surface area contributed by atoms with Crippen LogP contribution in [0.1, 0.15) is 23.5 Å². The molecule has 0 radical (unpaired) electrons. The summed E-state index contributed by atoms with van der Waals surface area (Å²) in [5.74, 6) is 0.808. The molecule has 0 saturated heterocycles. The SMILES string of the molecule is Cc1ncc2c(n1)CC/C(=N/O)C2. The van der Waals surface area contributed by atoms with E-state index in [4.69, 9.17) is 5.21 Å². The maximum absolute atomic E-state index is 8.62. The molecule has 1 N–H and O–H groups in total. The molecule has 13 heavy (non-hydrogen) atoms. The Balaban J connectivity index is 2.37. The van der Waals surface area contributed by atoms with Crippen LogP contribution in [0.2, 0.25) is 0 Å². The monoisotopic (exact) mass is 177 g/mol. The quantitative estimate of drug-likeness (QED) is 0.477. The van der Waals surface area contributed by atoms with Crippen molar-refractivity contribution in [2.24, 2.45) is 5.16 Å². The van der Waals surface area contributed by atoms with Gasteiger partial charge in [0.15, 0.2) is 0 Å². The Morgan fingerprint density at radius 2 is 2.31 bits per heavy atom. The van der Waals surface area contributed by atoms with E-state index in [0.29, 0.717) is 6.42 Å². The molecule has 0 unspecified atom stereocenters. The van der Waals surface area contributed by atoms with Crippen LogP contribution in [-0.2, 0) is 12.8 Å². The van der Waals surface area contributed by atoms with Crippen LogP contribution in [0.3, 0.4) is 0 Å². The van der Waals surface area contributed by atoms with Gasteiger partial charge in [0.1, 0.15) is 5.82 Å². The van der Waals surface area contributed by atoms with Crippen molar-refractivity contribution in [1.82, 2.24) is 9.97 Å². The van der Waals surface area contributed by atoms with Gasteiger partial charge in [-0.1, -0.05) is 5.16 Å². The Morgan fingerprint density at radius 1 is 1.46 bits per heavy atom. The number of oxime groups is 1. The van der Waals surface area contributed by atoms with Gasteiger partial charge in [-0.2, -0.15) is 0 Å². The third-order valence-corrected chi connectivity index (χ3v) is 2.26. The predicted molar refractivity (Wildman–Crippen MR) is 48.0 cm³/mol. The van der Waals surface area contributed by atoms with E-state index < -0.39 is 0 Å². The summed E-state index contributed by atoms with van der Waals surface area (Å²) in [5, 5.41) is 11.8. The van der Waals surface area contributed by atoms with Gasteiger partial charge in [0, 0.05) is 18.3 Å². The Hall–Kier alpha value is -1.45. The first-order valence-corrected chi connectivity index (χ1v) is 4.31. The number of hydrogen-bond donors (Lipinski definition) is 1. The minimum absolute atomic E-state index is 0.687. The molecule has 2 rings (SSSR count). The summed E-state index contributed by atoms with van der Waals surface area (Å²) in [4.78, 5) is 8.45. The van der Waals surface area contributed by atoms with E-state index >= 15 is 0 Å². The molecule has 1 aliphatic carbocycles. The molecule has 68 valence electrons. The van der Waals surface area contributed by atoms with Crippen LogP contribution in [0.5, 0.6) is 0 Å². The summed E-state index contributed by atoms with van der Waals surface area (Å²) in [6.45, 7) is 1.88. The number of aromatic nitrogens is 2. The Morgan fingerprint density at radius 3 is 3.08 bits per heavy atom. The van der Waals surface area contributed by atoms with E-state index in [0.717, 1.165) is 35.6 Å². The van der Waals surface area contributed by atoms with E-state index in [2.05, 4.69) is 15.1 Å². The van der Waals surface area contributed by atoms with Crippen molar-refractivity contribution in [2.45, 2.75) is 26.2 Å². The summed E-state index contributed by atoms with van der Waals surface area (Å²) in [6.07, 6.45) is 4.17. The lowest BCUT2D eigenvalue weighted by Crippen LogP contribution is -2.16. The number of hydrogen-bond acceptors (Lipinski definition) is 4. The standard InChI is InChI=1S/C9H11N3O/c1-6-10-5-7-4-8(12-13)2-3-9(7)11-6/h5,13H,2-4H2,1H3/b12-8-. The van der Waals surface area contributed by atoms with E-state index in [9.17, 15) is 0 Å². The highest BCUT2D eigenvalue weighted by atomic mass is 16.4. The summed E-state index contributed by atoms with van der Waals surface area (Å²) in [6, 6.07) is 0. The highest BCUT2D eigenvalue weighted by molar-refractivity contribution is 5.87. The molecule has 0 saturated carbocycles. The van der Waals surface area contributed by atoms with Crippen LogP contribution in [0.15, 0.2) is 11.4 Å². The second-order valence-corrected chi connectivity index (χ2v) is 3.23.